The number of amides is 1. The van der Waals surface area contributed by atoms with Crippen LogP contribution in [-0.2, 0) is 35.8 Å². The van der Waals surface area contributed by atoms with Gasteiger partial charge in [0, 0.05) is 46.9 Å². The van der Waals surface area contributed by atoms with Gasteiger partial charge in [-0.25, -0.2) is 19.3 Å². The molecule has 260 valence electrons. The van der Waals surface area contributed by atoms with E-state index >= 15 is 0 Å². The number of alkyl halides is 1. The van der Waals surface area contributed by atoms with Gasteiger partial charge in [0.15, 0.2) is 5.78 Å². The van der Waals surface area contributed by atoms with E-state index in [0.29, 0.717) is 51.1 Å². The van der Waals surface area contributed by atoms with Crippen LogP contribution in [0.4, 0.5) is 4.39 Å². The van der Waals surface area contributed by atoms with E-state index in [0.717, 1.165) is 61.0 Å². The molecule has 1 aliphatic carbocycles. The normalized spacial score (nSPS) is 22.8. The van der Waals surface area contributed by atoms with Crippen molar-refractivity contribution >= 4 is 44.1 Å². The highest BCUT2D eigenvalue weighted by atomic mass is 79.9. The third-order valence-electron chi connectivity index (χ3n) is 10.5. The number of nitrogens with zero attached hydrogens (tertiary/aromatic N) is 7. The van der Waals surface area contributed by atoms with E-state index in [1.807, 2.05) is 36.9 Å². The maximum absolute atomic E-state index is 14.8. The lowest BCUT2D eigenvalue weighted by Gasteiger charge is -2.27. The first-order valence-electron chi connectivity index (χ1n) is 17.5. The number of fused-ring (bicyclic) bond motifs is 3. The highest BCUT2D eigenvalue weighted by Crippen LogP contribution is 2.61. The summed E-state index contributed by atoms with van der Waals surface area (Å²) in [5.41, 5.74) is 5.37. The summed E-state index contributed by atoms with van der Waals surface area (Å²) in [5, 5.41) is 5.54. The zero-order valence-corrected chi connectivity index (χ0v) is 30.5. The number of piperidine rings is 1. The van der Waals surface area contributed by atoms with Crippen LogP contribution in [0, 0.1) is 12.3 Å². The number of benzene rings is 1. The molecule has 9 nitrogen and oxygen atoms in total. The summed E-state index contributed by atoms with van der Waals surface area (Å²) in [7, 11) is 2.11. The van der Waals surface area contributed by atoms with Crippen molar-refractivity contribution in [1.29, 1.82) is 0 Å². The van der Waals surface area contributed by atoms with Crippen LogP contribution in [-0.4, -0.2) is 71.9 Å². The number of likely N-dealkylation sites (tertiary alicyclic amines) is 1. The van der Waals surface area contributed by atoms with E-state index in [4.69, 9.17) is 10.1 Å². The standard InChI is InChI=1S/C39H43BrFN7O2/c1-24(2)37-30-15-27(29-20-42-25(3)43-21-29)14-28(19-41)38(30)47(45-37)23-36(50)48-32-17-39(18-34(39)48)12-8-6-5-7-9-13-46(4)22-26-10-11-35(40)44-31(26)16-33(32)49/h8,10-12,14-15,20-21,32,34H,1,5-7,9,13,16-19,22-23H2,2-4H3/t32-,34+,39-/m0/s1. The minimum atomic E-state index is -0.745. The monoisotopic (exact) mass is 739 g/mol. The van der Waals surface area contributed by atoms with Gasteiger partial charge < -0.3 is 9.80 Å². The predicted octanol–water partition coefficient (Wildman–Crippen LogP) is 7.20. The molecule has 5 heterocycles. The van der Waals surface area contributed by atoms with Crippen molar-refractivity contribution in [3.05, 3.63) is 88.3 Å². The van der Waals surface area contributed by atoms with Crippen LogP contribution < -0.4 is 0 Å². The summed E-state index contributed by atoms with van der Waals surface area (Å²) in [6.07, 6.45) is 13.9. The fourth-order valence-electron chi connectivity index (χ4n) is 7.88. The highest BCUT2D eigenvalue weighted by molar-refractivity contribution is 9.10. The number of pyridine rings is 1. The van der Waals surface area contributed by atoms with E-state index in [1.165, 1.54) is 0 Å². The average molecular weight is 741 g/mol. The molecule has 11 heteroatoms. The maximum Gasteiger partial charge on any atom is 0.245 e. The van der Waals surface area contributed by atoms with Gasteiger partial charge in [-0.3, -0.25) is 14.3 Å². The van der Waals surface area contributed by atoms with Crippen molar-refractivity contribution in [2.24, 2.45) is 5.41 Å². The summed E-state index contributed by atoms with van der Waals surface area (Å²) >= 11 is 3.51. The Kier molecular flexibility index (Phi) is 9.56. The lowest BCUT2D eigenvalue weighted by Crippen LogP contribution is -2.45. The Labute approximate surface area is 300 Å². The number of aromatic nitrogens is 5. The Balaban J connectivity index is 1.24. The third-order valence-corrected chi connectivity index (χ3v) is 11.0. The summed E-state index contributed by atoms with van der Waals surface area (Å²) in [5.74, 6) is 0.441. The Morgan fingerprint density at radius 3 is 2.68 bits per heavy atom. The molecule has 2 bridgehead atoms. The van der Waals surface area contributed by atoms with Crippen LogP contribution in [0.3, 0.4) is 0 Å². The van der Waals surface area contributed by atoms with E-state index in [2.05, 4.69) is 56.6 Å². The molecular formula is C39H43BrFN7O2. The van der Waals surface area contributed by atoms with Crippen molar-refractivity contribution in [3.63, 3.8) is 0 Å². The lowest BCUT2D eigenvalue weighted by molar-refractivity contribution is -0.139. The van der Waals surface area contributed by atoms with Gasteiger partial charge >= 0.3 is 0 Å². The van der Waals surface area contributed by atoms with Crippen molar-refractivity contribution in [3.8, 4) is 11.1 Å². The lowest BCUT2D eigenvalue weighted by atomic mass is 9.93. The zero-order valence-electron chi connectivity index (χ0n) is 29.0. The molecule has 50 heavy (non-hydrogen) atoms. The summed E-state index contributed by atoms with van der Waals surface area (Å²) in [4.78, 5) is 46.2. The average Bonchev–Trinajstić information content (AvgIpc) is 3.49. The molecule has 1 saturated carbocycles. The minimum absolute atomic E-state index is 0.0118. The molecule has 7 rings (SSSR count). The zero-order chi connectivity index (χ0) is 35.2. The van der Waals surface area contributed by atoms with Crippen LogP contribution in [0.2, 0.25) is 0 Å². The van der Waals surface area contributed by atoms with Crippen molar-refractivity contribution in [2.45, 2.75) is 90.6 Å². The van der Waals surface area contributed by atoms with Crippen LogP contribution in [0.25, 0.3) is 27.6 Å². The van der Waals surface area contributed by atoms with Crippen molar-refractivity contribution in [2.75, 3.05) is 13.6 Å². The Hall–Kier alpha value is -4.09. The van der Waals surface area contributed by atoms with Gasteiger partial charge in [0.2, 0.25) is 5.91 Å². The van der Waals surface area contributed by atoms with Crippen LogP contribution in [0.1, 0.15) is 73.8 Å². The number of hydrogen-bond acceptors (Lipinski definition) is 7. The molecule has 2 aliphatic heterocycles. The second-order valence-electron chi connectivity index (χ2n) is 14.3. The molecule has 3 aliphatic rings. The second kappa shape index (κ2) is 13.9. The molecule has 0 radical (unpaired) electrons. The largest absolute Gasteiger partial charge is 0.327 e. The fraction of sp³-hybridized carbons (Fsp3) is 0.436. The van der Waals surface area contributed by atoms with Crippen LogP contribution in [0.15, 0.2) is 60.0 Å². The molecule has 1 aromatic carbocycles. The molecule has 3 aromatic heterocycles. The summed E-state index contributed by atoms with van der Waals surface area (Å²) in [6.45, 7) is 8.63. The number of allylic oxidation sites excluding steroid dienone is 2. The van der Waals surface area contributed by atoms with E-state index in [9.17, 15) is 14.0 Å². The topological polar surface area (TPSA) is 97.1 Å². The number of Topliss-reactive ketones (excluding diaryl/α,β-unsaturated/α-hetero) is 1. The maximum atomic E-state index is 14.8. The number of hydrogen-bond donors (Lipinski definition) is 0. The van der Waals surface area contributed by atoms with Gasteiger partial charge in [0.1, 0.15) is 23.6 Å². The predicted molar refractivity (Wildman–Crippen MR) is 196 cm³/mol. The third kappa shape index (κ3) is 6.69. The number of ketones is 1. The van der Waals surface area contributed by atoms with E-state index in [1.54, 1.807) is 23.1 Å². The molecule has 1 saturated heterocycles. The van der Waals surface area contributed by atoms with Crippen LogP contribution in [0.5, 0.6) is 0 Å². The first-order chi connectivity index (χ1) is 24.1. The number of carbonyl (C=O) groups excluding carboxylic acids is 2. The van der Waals surface area contributed by atoms with Gasteiger partial charge in [-0.05, 0) is 110 Å². The van der Waals surface area contributed by atoms with Gasteiger partial charge in [-0.15, -0.1) is 0 Å². The Bertz CT molecular complexity index is 2010. The van der Waals surface area contributed by atoms with Crippen LogP contribution >= 0.6 is 15.9 Å². The number of carbonyl (C=O) groups is 2. The van der Waals surface area contributed by atoms with Gasteiger partial charge in [0.25, 0.3) is 0 Å². The van der Waals surface area contributed by atoms with Crippen molar-refractivity contribution in [1.82, 2.24) is 34.5 Å². The minimum Gasteiger partial charge on any atom is -0.327 e. The molecule has 0 unspecified atom stereocenters. The van der Waals surface area contributed by atoms with E-state index < -0.39 is 12.7 Å². The second-order valence-corrected chi connectivity index (χ2v) is 15.1. The molecule has 4 aromatic rings. The smallest absolute Gasteiger partial charge is 0.245 e. The highest BCUT2D eigenvalue weighted by Gasteiger charge is 2.65. The van der Waals surface area contributed by atoms with Gasteiger partial charge in [-0.1, -0.05) is 31.2 Å². The molecule has 2 fully saturated rings. The summed E-state index contributed by atoms with van der Waals surface area (Å²) < 4.78 is 17.1. The van der Waals surface area contributed by atoms with Crippen molar-refractivity contribution < 1.29 is 14.0 Å². The first-order valence-corrected chi connectivity index (χ1v) is 18.2. The first kappa shape index (κ1) is 34.4. The number of aryl methyl sites for hydroxylation is 1. The summed E-state index contributed by atoms with van der Waals surface area (Å²) in [6, 6.07) is 7.04. The van der Waals surface area contributed by atoms with E-state index in [-0.39, 0.29) is 36.1 Å². The number of rotatable bonds is 5. The Morgan fingerprint density at radius 1 is 1.12 bits per heavy atom. The molecule has 1 amide bonds. The molecular weight excluding hydrogens is 697 g/mol. The molecule has 1 spiro atoms. The molecule has 0 N–H and O–H groups in total. The SMILES string of the molecule is C=C(C)c1nn(CC(=O)N2[C@H]3C[C@@]4(C=CCCCCCN(C)Cc5ccc(Br)nc5CC3=O)C[C@@H]24)c2c(CF)cc(-c3cnc(C)nc3)cc12. The Morgan fingerprint density at radius 2 is 1.92 bits per heavy atom. The molecule has 3 atom stereocenters. The quantitative estimate of drug-likeness (QED) is 0.158. The van der Waals surface area contributed by atoms with Gasteiger partial charge in [-0.2, -0.15) is 5.10 Å². The number of halogens is 2. The van der Waals surface area contributed by atoms with Gasteiger partial charge in [0.05, 0.1) is 29.4 Å². The fourth-order valence-corrected chi connectivity index (χ4v) is 8.23.